The average Bonchev–Trinajstić information content (AvgIpc) is 3.30. The van der Waals surface area contributed by atoms with Gasteiger partial charge < -0.3 is 10.1 Å². The summed E-state index contributed by atoms with van der Waals surface area (Å²) in [6.45, 7) is 3.26. The Morgan fingerprint density at radius 1 is 1.36 bits per heavy atom. The molecule has 0 saturated carbocycles. The first-order valence-electron chi connectivity index (χ1n) is 8.72. The van der Waals surface area contributed by atoms with E-state index >= 15 is 0 Å². The number of aromatic nitrogens is 2. The van der Waals surface area contributed by atoms with Gasteiger partial charge in [-0.25, -0.2) is 4.98 Å². The van der Waals surface area contributed by atoms with E-state index in [1.54, 1.807) is 17.5 Å². The lowest BCUT2D eigenvalue weighted by atomic mass is 9.91. The zero-order chi connectivity index (χ0) is 17.1. The Kier molecular flexibility index (Phi) is 5.05. The van der Waals surface area contributed by atoms with Gasteiger partial charge in [0.25, 0.3) is 0 Å². The second-order valence-corrected chi connectivity index (χ2v) is 7.63. The van der Waals surface area contributed by atoms with E-state index in [-0.39, 0.29) is 18.1 Å². The fourth-order valence-electron chi connectivity index (χ4n) is 3.62. The molecule has 2 saturated heterocycles. The van der Waals surface area contributed by atoms with E-state index in [1.165, 1.54) is 0 Å². The van der Waals surface area contributed by atoms with E-state index in [2.05, 4.69) is 20.2 Å². The summed E-state index contributed by atoms with van der Waals surface area (Å²) in [7, 11) is 0. The van der Waals surface area contributed by atoms with Crippen LogP contribution < -0.4 is 5.32 Å². The summed E-state index contributed by atoms with van der Waals surface area (Å²) in [4.78, 5) is 23.4. The molecule has 2 aliphatic rings. The number of nitrogens with zero attached hydrogens (tertiary/aromatic N) is 3. The maximum absolute atomic E-state index is 12.4. The molecule has 0 unspecified atom stereocenters. The molecule has 2 aromatic heterocycles. The minimum Gasteiger partial charge on any atom is -0.364 e. The molecule has 6 nitrogen and oxygen atoms in total. The summed E-state index contributed by atoms with van der Waals surface area (Å²) >= 11 is 1.69. The van der Waals surface area contributed by atoms with Crippen LogP contribution in [-0.4, -0.2) is 46.1 Å². The van der Waals surface area contributed by atoms with Gasteiger partial charge in [0.15, 0.2) is 0 Å². The molecule has 0 radical (unpaired) electrons. The van der Waals surface area contributed by atoms with Gasteiger partial charge >= 0.3 is 0 Å². The first kappa shape index (κ1) is 16.6. The zero-order valence-corrected chi connectivity index (χ0v) is 14.8. The van der Waals surface area contributed by atoms with Crippen LogP contribution in [0, 0.1) is 5.92 Å². The summed E-state index contributed by atoms with van der Waals surface area (Å²) in [5, 5.41) is 6.10. The minimum absolute atomic E-state index is 0.0217. The number of nitrogens with one attached hydrogen (secondary N) is 1. The number of ether oxygens (including phenoxy) is 1. The summed E-state index contributed by atoms with van der Waals surface area (Å²) in [6, 6.07) is 5.70. The fraction of sp³-hybridized carbons (Fsp3) is 0.500. The SMILES string of the molecule is O=C(NCc1ccccn1)[C@@H]1C[C@@H]2CCN(Cc3nccs3)C[C@H]2O1. The first-order valence-corrected chi connectivity index (χ1v) is 9.59. The van der Waals surface area contributed by atoms with Crippen molar-refractivity contribution in [3.63, 3.8) is 0 Å². The fourth-order valence-corrected chi connectivity index (χ4v) is 4.28. The third-order valence-electron chi connectivity index (χ3n) is 4.94. The molecule has 1 amide bonds. The topological polar surface area (TPSA) is 67.4 Å². The monoisotopic (exact) mass is 358 g/mol. The third kappa shape index (κ3) is 4.05. The van der Waals surface area contributed by atoms with Crippen LogP contribution in [0.25, 0.3) is 0 Å². The number of piperidine rings is 1. The Morgan fingerprint density at radius 2 is 2.32 bits per heavy atom. The van der Waals surface area contributed by atoms with Crippen molar-refractivity contribution in [3.05, 3.63) is 46.7 Å². The zero-order valence-electron chi connectivity index (χ0n) is 14.0. The number of rotatable bonds is 5. The highest BCUT2D eigenvalue weighted by Gasteiger charge is 2.41. The van der Waals surface area contributed by atoms with Crippen LogP contribution in [0.5, 0.6) is 0 Å². The van der Waals surface area contributed by atoms with E-state index in [1.807, 2.05) is 29.8 Å². The van der Waals surface area contributed by atoms with Crippen molar-refractivity contribution in [1.82, 2.24) is 20.2 Å². The molecule has 132 valence electrons. The quantitative estimate of drug-likeness (QED) is 0.883. The Balaban J connectivity index is 1.28. The Morgan fingerprint density at radius 3 is 3.12 bits per heavy atom. The van der Waals surface area contributed by atoms with Gasteiger partial charge in [0, 0.05) is 24.3 Å². The predicted octanol–water partition coefficient (Wildman–Crippen LogP) is 1.83. The van der Waals surface area contributed by atoms with Crippen LogP contribution in [-0.2, 0) is 22.6 Å². The number of carbonyl (C=O) groups is 1. The van der Waals surface area contributed by atoms with E-state index in [0.717, 1.165) is 43.2 Å². The molecule has 25 heavy (non-hydrogen) atoms. The maximum Gasteiger partial charge on any atom is 0.249 e. The van der Waals surface area contributed by atoms with Crippen LogP contribution >= 0.6 is 11.3 Å². The number of carbonyl (C=O) groups excluding carboxylic acids is 1. The summed E-state index contributed by atoms with van der Waals surface area (Å²) in [6.07, 6.45) is 5.31. The van der Waals surface area contributed by atoms with Crippen molar-refractivity contribution in [2.24, 2.45) is 5.92 Å². The van der Waals surface area contributed by atoms with Crippen LogP contribution in [0.2, 0.25) is 0 Å². The summed E-state index contributed by atoms with van der Waals surface area (Å²) in [5.74, 6) is 0.463. The van der Waals surface area contributed by atoms with Crippen LogP contribution in [0.15, 0.2) is 36.0 Å². The van der Waals surface area contributed by atoms with Crippen molar-refractivity contribution >= 4 is 17.2 Å². The first-order chi connectivity index (χ1) is 12.3. The lowest BCUT2D eigenvalue weighted by Crippen LogP contribution is -2.42. The highest BCUT2D eigenvalue weighted by Crippen LogP contribution is 2.33. The van der Waals surface area contributed by atoms with Crippen molar-refractivity contribution in [1.29, 1.82) is 0 Å². The van der Waals surface area contributed by atoms with Gasteiger partial charge in [-0.05, 0) is 37.4 Å². The van der Waals surface area contributed by atoms with Crippen LogP contribution in [0.1, 0.15) is 23.5 Å². The normalized spacial score (nSPS) is 26.3. The minimum atomic E-state index is -0.335. The van der Waals surface area contributed by atoms with Crippen molar-refractivity contribution in [2.45, 2.75) is 38.1 Å². The molecule has 0 aliphatic carbocycles. The number of thiazole rings is 1. The van der Waals surface area contributed by atoms with Gasteiger partial charge in [0.1, 0.15) is 11.1 Å². The van der Waals surface area contributed by atoms with Crippen molar-refractivity contribution in [2.75, 3.05) is 13.1 Å². The molecule has 3 atom stereocenters. The Bertz CT molecular complexity index is 694. The van der Waals surface area contributed by atoms with Gasteiger partial charge in [-0.3, -0.25) is 14.7 Å². The molecule has 2 aromatic rings. The molecule has 7 heteroatoms. The van der Waals surface area contributed by atoms with E-state index < -0.39 is 0 Å². The second-order valence-electron chi connectivity index (χ2n) is 6.65. The lowest BCUT2D eigenvalue weighted by molar-refractivity contribution is -0.133. The number of hydrogen-bond donors (Lipinski definition) is 1. The predicted molar refractivity (Wildman–Crippen MR) is 94.9 cm³/mol. The Labute approximate surface area is 151 Å². The summed E-state index contributed by atoms with van der Waals surface area (Å²) < 4.78 is 6.07. The molecule has 4 heterocycles. The van der Waals surface area contributed by atoms with Crippen LogP contribution in [0.3, 0.4) is 0 Å². The average molecular weight is 358 g/mol. The number of amides is 1. The van der Waals surface area contributed by atoms with Gasteiger partial charge in [-0.15, -0.1) is 11.3 Å². The number of fused-ring (bicyclic) bond motifs is 1. The second kappa shape index (κ2) is 7.59. The molecule has 1 N–H and O–H groups in total. The van der Waals surface area contributed by atoms with Gasteiger partial charge in [-0.2, -0.15) is 0 Å². The van der Waals surface area contributed by atoms with Gasteiger partial charge in [0.2, 0.25) is 5.91 Å². The number of likely N-dealkylation sites (tertiary alicyclic amines) is 1. The smallest absolute Gasteiger partial charge is 0.249 e. The maximum atomic E-state index is 12.4. The molecule has 0 aromatic carbocycles. The molecule has 2 fully saturated rings. The molecular weight excluding hydrogens is 336 g/mol. The third-order valence-corrected chi connectivity index (χ3v) is 5.70. The molecular formula is C18H22N4O2S. The summed E-state index contributed by atoms with van der Waals surface area (Å²) in [5.41, 5.74) is 0.862. The highest BCUT2D eigenvalue weighted by atomic mass is 32.1. The van der Waals surface area contributed by atoms with Crippen molar-refractivity contribution < 1.29 is 9.53 Å². The van der Waals surface area contributed by atoms with Crippen molar-refractivity contribution in [3.8, 4) is 0 Å². The lowest BCUT2D eigenvalue weighted by Gasteiger charge is -2.33. The highest BCUT2D eigenvalue weighted by molar-refractivity contribution is 7.09. The molecule has 4 rings (SSSR count). The molecule has 0 bridgehead atoms. The number of hydrogen-bond acceptors (Lipinski definition) is 6. The van der Waals surface area contributed by atoms with Gasteiger partial charge in [-0.1, -0.05) is 6.07 Å². The van der Waals surface area contributed by atoms with E-state index in [0.29, 0.717) is 12.5 Å². The molecule has 0 spiro atoms. The largest absolute Gasteiger partial charge is 0.364 e. The standard InChI is InChI=1S/C18H22N4O2S/c23-18(21-10-14-3-1-2-5-19-14)15-9-13-4-7-22(11-16(13)24-15)12-17-20-6-8-25-17/h1-3,5-6,8,13,15-16H,4,7,9-12H2,(H,21,23)/t13-,15-,16+/m0/s1. The number of pyridine rings is 1. The van der Waals surface area contributed by atoms with E-state index in [9.17, 15) is 4.79 Å². The Hall–Kier alpha value is -1.83. The van der Waals surface area contributed by atoms with Crippen LogP contribution in [0.4, 0.5) is 0 Å². The molecule has 2 aliphatic heterocycles. The van der Waals surface area contributed by atoms with E-state index in [4.69, 9.17) is 4.74 Å². The van der Waals surface area contributed by atoms with Gasteiger partial charge in [0.05, 0.1) is 24.9 Å².